The van der Waals surface area contributed by atoms with Crippen molar-refractivity contribution >= 4 is 17.1 Å². The lowest BCUT2D eigenvalue weighted by Crippen LogP contribution is -2.11. The molecule has 8 heteroatoms. The summed E-state index contributed by atoms with van der Waals surface area (Å²) in [7, 11) is 0. The number of non-ortho nitro benzene ring substituents is 1. The summed E-state index contributed by atoms with van der Waals surface area (Å²) in [4.78, 5) is 10.4. The third-order valence-electron chi connectivity index (χ3n) is 3.36. The first-order valence-electron chi connectivity index (χ1n) is 7.85. The van der Waals surface area contributed by atoms with Gasteiger partial charge in [-0.3, -0.25) is 10.1 Å². The van der Waals surface area contributed by atoms with Crippen LogP contribution in [-0.2, 0) is 0 Å². The lowest BCUT2D eigenvalue weighted by Gasteiger charge is -2.13. The fourth-order valence-electron chi connectivity index (χ4n) is 2.15. The molecule has 0 fully saturated rings. The standard InChI is InChI=1S/C17H20FN3O4/c18-13-2-5-15(6-3-13)25-11-1-8-19-17-12-14(21(23)24)4-7-16(17)20-9-10-22/h2-7,12,19-20,22H,1,8-11H2. The fourth-order valence-corrected chi connectivity index (χ4v) is 2.15. The lowest BCUT2D eigenvalue weighted by atomic mass is 10.2. The number of halogens is 1. The number of hydrogen-bond acceptors (Lipinski definition) is 6. The highest BCUT2D eigenvalue weighted by molar-refractivity contribution is 5.71. The molecule has 7 nitrogen and oxygen atoms in total. The van der Waals surface area contributed by atoms with E-state index in [-0.39, 0.29) is 18.1 Å². The first-order valence-corrected chi connectivity index (χ1v) is 7.85. The van der Waals surface area contributed by atoms with Gasteiger partial charge >= 0.3 is 0 Å². The zero-order valence-electron chi connectivity index (χ0n) is 13.6. The normalized spacial score (nSPS) is 10.3. The van der Waals surface area contributed by atoms with Gasteiger partial charge in [-0.1, -0.05) is 0 Å². The van der Waals surface area contributed by atoms with E-state index in [4.69, 9.17) is 9.84 Å². The number of anilines is 2. The van der Waals surface area contributed by atoms with E-state index in [0.717, 1.165) is 0 Å². The molecule has 0 aliphatic rings. The molecule has 0 bridgehead atoms. The molecule has 0 saturated heterocycles. The lowest BCUT2D eigenvalue weighted by molar-refractivity contribution is -0.384. The van der Waals surface area contributed by atoms with E-state index in [0.29, 0.717) is 43.2 Å². The third kappa shape index (κ3) is 5.92. The quantitative estimate of drug-likeness (QED) is 0.347. The molecule has 0 aliphatic heterocycles. The van der Waals surface area contributed by atoms with Gasteiger partial charge in [0.1, 0.15) is 11.6 Å². The van der Waals surface area contributed by atoms with Crippen LogP contribution in [0.1, 0.15) is 6.42 Å². The van der Waals surface area contributed by atoms with Crippen LogP contribution >= 0.6 is 0 Å². The van der Waals surface area contributed by atoms with Gasteiger partial charge in [-0.05, 0) is 36.8 Å². The van der Waals surface area contributed by atoms with Crippen LogP contribution in [0.4, 0.5) is 21.5 Å². The summed E-state index contributed by atoms with van der Waals surface area (Å²) in [6, 6.07) is 10.2. The van der Waals surface area contributed by atoms with E-state index in [1.165, 1.54) is 24.3 Å². The smallest absolute Gasteiger partial charge is 0.271 e. The molecular formula is C17H20FN3O4. The molecule has 2 aromatic carbocycles. The van der Waals surface area contributed by atoms with Gasteiger partial charge in [0.15, 0.2) is 0 Å². The van der Waals surface area contributed by atoms with Crippen LogP contribution in [0.5, 0.6) is 5.75 Å². The number of nitrogens with one attached hydrogen (secondary N) is 2. The Balaban J connectivity index is 1.86. The highest BCUT2D eigenvalue weighted by Gasteiger charge is 2.10. The highest BCUT2D eigenvalue weighted by Crippen LogP contribution is 2.27. The summed E-state index contributed by atoms with van der Waals surface area (Å²) in [5, 5.41) is 25.9. The van der Waals surface area contributed by atoms with E-state index >= 15 is 0 Å². The molecule has 0 aliphatic carbocycles. The van der Waals surface area contributed by atoms with Crippen molar-refractivity contribution in [2.75, 3.05) is 36.9 Å². The number of nitro groups is 1. The van der Waals surface area contributed by atoms with Crippen molar-refractivity contribution in [1.29, 1.82) is 0 Å². The maximum atomic E-state index is 12.8. The number of aliphatic hydroxyl groups is 1. The molecule has 0 heterocycles. The number of benzene rings is 2. The molecule has 0 aromatic heterocycles. The predicted molar refractivity (Wildman–Crippen MR) is 93.7 cm³/mol. The molecule has 2 aromatic rings. The second-order valence-electron chi connectivity index (χ2n) is 5.22. The molecule has 0 amide bonds. The summed E-state index contributed by atoms with van der Waals surface area (Å²) >= 11 is 0. The first-order chi connectivity index (χ1) is 12.1. The fraction of sp³-hybridized carbons (Fsp3) is 0.294. The van der Waals surface area contributed by atoms with Gasteiger partial charge in [0.25, 0.3) is 5.69 Å². The molecule has 25 heavy (non-hydrogen) atoms. The molecule has 2 rings (SSSR count). The Hall–Kier alpha value is -2.87. The molecule has 0 saturated carbocycles. The summed E-state index contributed by atoms with van der Waals surface area (Å²) in [6.07, 6.45) is 0.652. The summed E-state index contributed by atoms with van der Waals surface area (Å²) in [5.41, 5.74) is 1.25. The van der Waals surface area contributed by atoms with Crippen LogP contribution in [0, 0.1) is 15.9 Å². The Kier molecular flexibility index (Phi) is 6.97. The number of rotatable bonds is 10. The van der Waals surface area contributed by atoms with E-state index in [2.05, 4.69) is 10.6 Å². The van der Waals surface area contributed by atoms with Gasteiger partial charge < -0.3 is 20.5 Å². The van der Waals surface area contributed by atoms with Gasteiger partial charge in [-0.15, -0.1) is 0 Å². The van der Waals surface area contributed by atoms with Gasteiger partial charge in [-0.2, -0.15) is 0 Å². The second-order valence-corrected chi connectivity index (χ2v) is 5.22. The molecule has 3 N–H and O–H groups in total. The molecule has 0 spiro atoms. The Labute approximate surface area is 144 Å². The molecule has 0 atom stereocenters. The number of ether oxygens (including phenoxy) is 1. The van der Waals surface area contributed by atoms with E-state index < -0.39 is 4.92 Å². The third-order valence-corrected chi connectivity index (χ3v) is 3.36. The van der Waals surface area contributed by atoms with Crippen molar-refractivity contribution in [1.82, 2.24) is 0 Å². The molecule has 134 valence electrons. The summed E-state index contributed by atoms with van der Waals surface area (Å²) in [6.45, 7) is 1.27. The zero-order valence-corrected chi connectivity index (χ0v) is 13.6. The SMILES string of the molecule is O=[N+]([O-])c1ccc(NCCO)c(NCCCOc2ccc(F)cc2)c1. The Bertz CT molecular complexity index is 695. The summed E-state index contributed by atoms with van der Waals surface area (Å²) < 4.78 is 18.3. The van der Waals surface area contributed by atoms with E-state index in [9.17, 15) is 14.5 Å². The Morgan fingerprint density at radius 2 is 1.80 bits per heavy atom. The van der Waals surface area contributed by atoms with Crippen molar-refractivity contribution in [2.24, 2.45) is 0 Å². The molecule has 0 unspecified atom stereocenters. The van der Waals surface area contributed by atoms with Crippen LogP contribution in [0.2, 0.25) is 0 Å². The maximum Gasteiger partial charge on any atom is 0.271 e. The molecular weight excluding hydrogens is 329 g/mol. The van der Waals surface area contributed by atoms with Crippen molar-refractivity contribution < 1.29 is 19.2 Å². The van der Waals surface area contributed by atoms with Gasteiger partial charge in [-0.25, -0.2) is 4.39 Å². The first kappa shape index (κ1) is 18.5. The van der Waals surface area contributed by atoms with E-state index in [1.807, 2.05) is 0 Å². The topological polar surface area (TPSA) is 96.7 Å². The van der Waals surface area contributed by atoms with Crippen molar-refractivity contribution in [3.63, 3.8) is 0 Å². The number of nitrogens with zero attached hydrogens (tertiary/aromatic N) is 1. The second kappa shape index (κ2) is 9.43. The minimum atomic E-state index is -0.460. The van der Waals surface area contributed by atoms with Gasteiger partial charge in [0, 0.05) is 25.2 Å². The highest BCUT2D eigenvalue weighted by atomic mass is 19.1. The van der Waals surface area contributed by atoms with Crippen molar-refractivity contribution in [2.45, 2.75) is 6.42 Å². The minimum absolute atomic E-state index is 0.0142. The van der Waals surface area contributed by atoms with Crippen LogP contribution in [0.25, 0.3) is 0 Å². The average Bonchev–Trinajstić information content (AvgIpc) is 2.61. The van der Waals surface area contributed by atoms with Gasteiger partial charge in [0.2, 0.25) is 0 Å². The van der Waals surface area contributed by atoms with Gasteiger partial charge in [0.05, 0.1) is 29.5 Å². The molecule has 0 radical (unpaired) electrons. The largest absolute Gasteiger partial charge is 0.494 e. The van der Waals surface area contributed by atoms with Crippen LogP contribution in [0.15, 0.2) is 42.5 Å². The number of hydrogen-bond donors (Lipinski definition) is 3. The average molecular weight is 349 g/mol. The van der Waals surface area contributed by atoms with Crippen molar-refractivity contribution in [3.05, 3.63) is 58.4 Å². The van der Waals surface area contributed by atoms with Crippen LogP contribution < -0.4 is 15.4 Å². The number of aliphatic hydroxyl groups excluding tert-OH is 1. The van der Waals surface area contributed by atoms with Crippen LogP contribution in [0.3, 0.4) is 0 Å². The Morgan fingerprint density at radius 1 is 1.08 bits per heavy atom. The van der Waals surface area contributed by atoms with Crippen LogP contribution in [-0.4, -0.2) is 36.3 Å². The van der Waals surface area contributed by atoms with Crippen molar-refractivity contribution in [3.8, 4) is 5.75 Å². The summed E-state index contributed by atoms with van der Waals surface area (Å²) in [5.74, 6) is 0.268. The Morgan fingerprint density at radius 3 is 2.48 bits per heavy atom. The monoisotopic (exact) mass is 349 g/mol. The minimum Gasteiger partial charge on any atom is -0.494 e. The number of nitro benzene ring substituents is 1. The zero-order chi connectivity index (χ0) is 18.1. The van der Waals surface area contributed by atoms with E-state index in [1.54, 1.807) is 18.2 Å². The maximum absolute atomic E-state index is 12.8. The predicted octanol–water partition coefficient (Wildman–Crippen LogP) is 3.02.